The Labute approximate surface area is 179 Å². The number of amides is 2. The van der Waals surface area contributed by atoms with Crippen molar-refractivity contribution in [2.75, 3.05) is 19.0 Å². The lowest BCUT2D eigenvalue weighted by atomic mass is 10.2. The molecule has 0 aliphatic rings. The SMILES string of the molecule is COc1cc(Cl)c(C)cc1NC(=O)CNC(=O)c1ccc(Oc2ccccc2)cc1. The van der Waals surface area contributed by atoms with E-state index in [1.165, 1.54) is 7.11 Å². The minimum atomic E-state index is -0.382. The number of hydrogen-bond donors (Lipinski definition) is 2. The van der Waals surface area contributed by atoms with Gasteiger partial charge in [0.1, 0.15) is 17.2 Å². The van der Waals surface area contributed by atoms with Gasteiger partial charge >= 0.3 is 0 Å². The molecular weight excluding hydrogens is 404 g/mol. The highest BCUT2D eigenvalue weighted by Crippen LogP contribution is 2.30. The highest BCUT2D eigenvalue weighted by Gasteiger charge is 2.12. The Bertz CT molecular complexity index is 1040. The van der Waals surface area contributed by atoms with Gasteiger partial charge in [0.15, 0.2) is 0 Å². The van der Waals surface area contributed by atoms with E-state index in [1.54, 1.807) is 36.4 Å². The smallest absolute Gasteiger partial charge is 0.251 e. The summed E-state index contributed by atoms with van der Waals surface area (Å²) in [6, 6.07) is 19.4. The fourth-order valence-electron chi connectivity index (χ4n) is 2.69. The van der Waals surface area contributed by atoms with E-state index in [4.69, 9.17) is 21.1 Å². The van der Waals surface area contributed by atoms with Gasteiger partial charge in [0.05, 0.1) is 19.3 Å². The van der Waals surface area contributed by atoms with Crippen molar-refractivity contribution in [1.29, 1.82) is 0 Å². The fourth-order valence-corrected chi connectivity index (χ4v) is 2.84. The van der Waals surface area contributed by atoms with Crippen molar-refractivity contribution in [2.45, 2.75) is 6.92 Å². The number of rotatable bonds is 7. The van der Waals surface area contributed by atoms with Crippen molar-refractivity contribution < 1.29 is 19.1 Å². The number of carbonyl (C=O) groups is 2. The number of benzene rings is 3. The van der Waals surface area contributed by atoms with E-state index >= 15 is 0 Å². The van der Waals surface area contributed by atoms with Crippen molar-refractivity contribution in [3.05, 3.63) is 82.9 Å². The molecular formula is C23H21ClN2O4. The van der Waals surface area contributed by atoms with E-state index in [2.05, 4.69) is 10.6 Å². The summed E-state index contributed by atoms with van der Waals surface area (Å²) in [6.45, 7) is 1.64. The zero-order valence-electron chi connectivity index (χ0n) is 16.6. The first-order valence-electron chi connectivity index (χ1n) is 9.21. The Morgan fingerprint density at radius 1 is 0.967 bits per heavy atom. The van der Waals surface area contributed by atoms with Crippen LogP contribution < -0.4 is 20.1 Å². The number of aryl methyl sites for hydroxylation is 1. The molecule has 0 radical (unpaired) electrons. The molecule has 0 fully saturated rings. The molecule has 0 aliphatic heterocycles. The van der Waals surface area contributed by atoms with Gasteiger partial charge in [0.2, 0.25) is 5.91 Å². The third kappa shape index (κ3) is 5.52. The van der Waals surface area contributed by atoms with Crippen molar-refractivity contribution in [1.82, 2.24) is 5.32 Å². The summed E-state index contributed by atoms with van der Waals surface area (Å²) in [5.41, 5.74) is 1.71. The molecule has 0 aliphatic carbocycles. The Morgan fingerprint density at radius 3 is 2.30 bits per heavy atom. The molecule has 0 atom stereocenters. The van der Waals surface area contributed by atoms with Crippen molar-refractivity contribution in [3.63, 3.8) is 0 Å². The zero-order chi connectivity index (χ0) is 21.5. The first-order valence-corrected chi connectivity index (χ1v) is 9.59. The number of ether oxygens (including phenoxy) is 2. The lowest BCUT2D eigenvalue weighted by Gasteiger charge is -2.13. The molecule has 0 aromatic heterocycles. The number of para-hydroxylation sites is 1. The van der Waals surface area contributed by atoms with Crippen LogP contribution >= 0.6 is 11.6 Å². The van der Waals surface area contributed by atoms with Crippen LogP contribution in [0.1, 0.15) is 15.9 Å². The van der Waals surface area contributed by atoms with E-state index in [1.807, 2.05) is 37.3 Å². The lowest BCUT2D eigenvalue weighted by molar-refractivity contribution is -0.115. The molecule has 2 N–H and O–H groups in total. The van der Waals surface area contributed by atoms with Crippen molar-refractivity contribution in [2.24, 2.45) is 0 Å². The molecule has 154 valence electrons. The summed E-state index contributed by atoms with van der Waals surface area (Å²) in [4.78, 5) is 24.6. The number of anilines is 1. The van der Waals surface area contributed by atoms with Gasteiger partial charge in [-0.1, -0.05) is 29.8 Å². The summed E-state index contributed by atoms with van der Waals surface area (Å²) >= 11 is 6.07. The molecule has 0 saturated heterocycles. The standard InChI is InChI=1S/C23H21ClN2O4/c1-15-12-20(21(29-2)13-19(15)24)26-22(27)14-25-23(28)16-8-10-18(11-9-16)30-17-6-4-3-5-7-17/h3-13H,14H2,1-2H3,(H,25,28)(H,26,27). The number of carbonyl (C=O) groups excluding carboxylic acids is 2. The second-order valence-electron chi connectivity index (χ2n) is 6.47. The van der Waals surface area contributed by atoms with Crippen LogP contribution in [-0.2, 0) is 4.79 Å². The maximum atomic E-state index is 12.3. The van der Waals surface area contributed by atoms with Crippen LogP contribution in [-0.4, -0.2) is 25.5 Å². The predicted octanol–water partition coefficient (Wildman–Crippen LogP) is 4.82. The summed E-state index contributed by atoms with van der Waals surface area (Å²) in [5, 5.41) is 5.85. The molecule has 0 saturated carbocycles. The van der Waals surface area contributed by atoms with E-state index in [-0.39, 0.29) is 18.4 Å². The highest BCUT2D eigenvalue weighted by molar-refractivity contribution is 6.31. The largest absolute Gasteiger partial charge is 0.495 e. The number of halogens is 1. The van der Waals surface area contributed by atoms with Gasteiger partial charge in [0, 0.05) is 16.7 Å². The van der Waals surface area contributed by atoms with Gasteiger partial charge in [-0.2, -0.15) is 0 Å². The lowest BCUT2D eigenvalue weighted by Crippen LogP contribution is -2.32. The molecule has 3 aromatic rings. The Kier molecular flexibility index (Phi) is 6.93. The molecule has 0 heterocycles. The van der Waals surface area contributed by atoms with E-state index in [9.17, 15) is 9.59 Å². The van der Waals surface area contributed by atoms with Gasteiger partial charge in [0.25, 0.3) is 5.91 Å². The van der Waals surface area contributed by atoms with Crippen molar-refractivity contribution in [3.8, 4) is 17.2 Å². The quantitative estimate of drug-likeness (QED) is 0.570. The van der Waals surface area contributed by atoms with Crippen LogP contribution in [0, 0.1) is 6.92 Å². The van der Waals surface area contributed by atoms with E-state index < -0.39 is 0 Å². The average molecular weight is 425 g/mol. The third-order valence-corrected chi connectivity index (χ3v) is 4.67. The fraction of sp³-hybridized carbons (Fsp3) is 0.130. The van der Waals surface area contributed by atoms with Crippen LogP contribution in [0.3, 0.4) is 0 Å². The van der Waals surface area contributed by atoms with Gasteiger partial charge in [-0.3, -0.25) is 9.59 Å². The summed E-state index contributed by atoms with van der Waals surface area (Å²) in [5.74, 6) is 1.02. The molecule has 30 heavy (non-hydrogen) atoms. The first-order chi connectivity index (χ1) is 14.5. The second kappa shape index (κ2) is 9.80. The normalized spacial score (nSPS) is 10.2. The minimum Gasteiger partial charge on any atom is -0.495 e. The van der Waals surface area contributed by atoms with Crippen molar-refractivity contribution >= 4 is 29.1 Å². The average Bonchev–Trinajstić information content (AvgIpc) is 2.75. The number of hydrogen-bond acceptors (Lipinski definition) is 4. The number of methoxy groups -OCH3 is 1. The van der Waals surface area contributed by atoms with Gasteiger partial charge in [-0.15, -0.1) is 0 Å². The maximum Gasteiger partial charge on any atom is 0.251 e. The molecule has 0 spiro atoms. The monoisotopic (exact) mass is 424 g/mol. The summed E-state index contributed by atoms with van der Waals surface area (Å²) in [7, 11) is 1.49. The summed E-state index contributed by atoms with van der Waals surface area (Å²) < 4.78 is 10.9. The topological polar surface area (TPSA) is 76.7 Å². The van der Waals surface area contributed by atoms with Crippen LogP contribution in [0.2, 0.25) is 5.02 Å². The zero-order valence-corrected chi connectivity index (χ0v) is 17.3. The van der Waals surface area contributed by atoms with Crippen LogP contribution in [0.15, 0.2) is 66.7 Å². The second-order valence-corrected chi connectivity index (χ2v) is 6.88. The van der Waals surface area contributed by atoms with Gasteiger partial charge in [-0.25, -0.2) is 0 Å². The molecule has 3 aromatic carbocycles. The van der Waals surface area contributed by atoms with Crippen LogP contribution in [0.4, 0.5) is 5.69 Å². The molecule has 6 nitrogen and oxygen atoms in total. The van der Waals surface area contributed by atoms with Crippen LogP contribution in [0.25, 0.3) is 0 Å². The van der Waals surface area contributed by atoms with E-state index in [0.717, 1.165) is 5.56 Å². The number of nitrogens with one attached hydrogen (secondary N) is 2. The van der Waals surface area contributed by atoms with Crippen LogP contribution in [0.5, 0.6) is 17.2 Å². The molecule has 3 rings (SSSR count). The molecule has 0 unspecified atom stereocenters. The molecule has 7 heteroatoms. The highest BCUT2D eigenvalue weighted by atomic mass is 35.5. The predicted molar refractivity (Wildman–Crippen MR) is 117 cm³/mol. The molecule has 0 bridgehead atoms. The maximum absolute atomic E-state index is 12.3. The third-order valence-electron chi connectivity index (χ3n) is 4.26. The Balaban J connectivity index is 1.55. The van der Waals surface area contributed by atoms with E-state index in [0.29, 0.717) is 33.5 Å². The van der Waals surface area contributed by atoms with Gasteiger partial charge in [-0.05, 0) is 55.0 Å². The Hall–Kier alpha value is -3.51. The summed E-state index contributed by atoms with van der Waals surface area (Å²) in [6.07, 6.45) is 0. The first kappa shape index (κ1) is 21.2. The minimum absolute atomic E-state index is 0.189. The van der Waals surface area contributed by atoms with Gasteiger partial charge < -0.3 is 20.1 Å². The molecule has 2 amide bonds. The Morgan fingerprint density at radius 2 is 1.63 bits per heavy atom.